The topological polar surface area (TPSA) is 49.4 Å². The molecule has 0 saturated carbocycles. The molecular weight excluding hydrogens is 359 g/mol. The summed E-state index contributed by atoms with van der Waals surface area (Å²) in [5, 5.41) is 2.37. The molecule has 0 aromatic heterocycles. The number of carbonyl (C=O) groups is 2. The zero-order valence-electron chi connectivity index (χ0n) is 11.5. The first kappa shape index (κ1) is 15.9. The smallest absolute Gasteiger partial charge is 0.267 e. The highest BCUT2D eigenvalue weighted by Gasteiger charge is 2.34. The van der Waals surface area contributed by atoms with Crippen molar-refractivity contribution in [3.05, 3.63) is 68.7 Å². The molecule has 1 N–H and O–H groups in total. The van der Waals surface area contributed by atoms with E-state index < -0.39 is 11.8 Å². The molecule has 0 unspecified atom stereocenters. The Kier molecular flexibility index (Phi) is 4.31. The number of carbonyl (C=O) groups excluding carboxylic acids is 2. The largest absolute Gasteiger partial charge is 0.282 e. The molecule has 3 rings (SSSR count). The maximum Gasteiger partial charge on any atom is 0.282 e. The number of amides is 2. The van der Waals surface area contributed by atoms with E-state index in [2.05, 4.69) is 5.43 Å². The van der Waals surface area contributed by atoms with Gasteiger partial charge in [0.05, 0.1) is 15.7 Å². The summed E-state index contributed by atoms with van der Waals surface area (Å²) in [5.41, 5.74) is 3.65. The molecule has 1 saturated heterocycles. The normalized spacial score (nSPS) is 16.1. The minimum atomic E-state index is -0.490. The average molecular weight is 368 g/mol. The summed E-state index contributed by atoms with van der Waals surface area (Å²) in [6.45, 7) is 0. The average Bonchev–Trinajstić information content (AvgIpc) is 2.80. The second-order valence-corrected chi connectivity index (χ2v) is 6.04. The Morgan fingerprint density at radius 3 is 2.26 bits per heavy atom. The maximum atomic E-state index is 12.5. The molecule has 2 aromatic carbocycles. The fourth-order valence-corrected chi connectivity index (χ4v) is 2.51. The van der Waals surface area contributed by atoms with Gasteiger partial charge in [0.2, 0.25) is 0 Å². The van der Waals surface area contributed by atoms with E-state index >= 15 is 0 Å². The summed E-state index contributed by atoms with van der Waals surface area (Å²) in [4.78, 5) is 24.5. The molecule has 0 bridgehead atoms. The van der Waals surface area contributed by atoms with Gasteiger partial charge in [0, 0.05) is 5.02 Å². The Labute approximate surface area is 147 Å². The van der Waals surface area contributed by atoms with Gasteiger partial charge in [-0.1, -0.05) is 46.9 Å². The van der Waals surface area contributed by atoms with Crippen LogP contribution in [0.25, 0.3) is 6.08 Å². The number of nitrogens with one attached hydrogen (secondary N) is 1. The first-order valence-corrected chi connectivity index (χ1v) is 7.67. The van der Waals surface area contributed by atoms with Gasteiger partial charge in [-0.2, -0.15) is 0 Å². The number of anilines is 1. The zero-order valence-corrected chi connectivity index (χ0v) is 13.8. The van der Waals surface area contributed by atoms with Gasteiger partial charge in [-0.05, 0) is 42.0 Å². The summed E-state index contributed by atoms with van der Waals surface area (Å²) in [6.07, 6.45) is 1.51. The molecule has 23 heavy (non-hydrogen) atoms. The Morgan fingerprint density at radius 1 is 0.913 bits per heavy atom. The van der Waals surface area contributed by atoms with Crippen molar-refractivity contribution < 1.29 is 9.59 Å². The van der Waals surface area contributed by atoms with E-state index in [0.717, 1.165) is 5.01 Å². The van der Waals surface area contributed by atoms with E-state index in [9.17, 15) is 9.59 Å². The van der Waals surface area contributed by atoms with Gasteiger partial charge in [-0.3, -0.25) is 15.0 Å². The van der Waals surface area contributed by atoms with Gasteiger partial charge in [0.15, 0.2) is 0 Å². The fraction of sp³-hybridized carbons (Fsp3) is 0. The minimum Gasteiger partial charge on any atom is -0.267 e. The lowest BCUT2D eigenvalue weighted by atomic mass is 10.1. The highest BCUT2D eigenvalue weighted by molar-refractivity contribution is 6.42. The summed E-state index contributed by atoms with van der Waals surface area (Å²) in [7, 11) is 0. The second-order valence-electron chi connectivity index (χ2n) is 4.79. The molecule has 2 aromatic rings. The number of hydrazine groups is 1. The standard InChI is InChI=1S/C16H9Cl3N2O2/c17-10-3-1-9(2-4-10)7-12-15(22)20-21(16(12)23)11-5-6-13(18)14(19)8-11/h1-8H,(H,20,22). The molecular formula is C16H9Cl3N2O2. The lowest BCUT2D eigenvalue weighted by Gasteiger charge is -2.15. The van der Waals surface area contributed by atoms with Gasteiger partial charge in [0.25, 0.3) is 11.8 Å². The molecule has 116 valence electrons. The van der Waals surface area contributed by atoms with Crippen LogP contribution in [-0.2, 0) is 9.59 Å². The lowest BCUT2D eigenvalue weighted by Crippen LogP contribution is -2.35. The number of hydrogen-bond acceptors (Lipinski definition) is 2. The van der Waals surface area contributed by atoms with Crippen LogP contribution >= 0.6 is 34.8 Å². The third-order valence-corrected chi connectivity index (χ3v) is 4.22. The van der Waals surface area contributed by atoms with E-state index in [4.69, 9.17) is 34.8 Å². The molecule has 0 atom stereocenters. The van der Waals surface area contributed by atoms with Crippen LogP contribution in [0, 0.1) is 0 Å². The van der Waals surface area contributed by atoms with Gasteiger partial charge in [-0.15, -0.1) is 0 Å². The van der Waals surface area contributed by atoms with E-state index in [1.165, 1.54) is 12.1 Å². The fourth-order valence-electron chi connectivity index (χ4n) is 2.09. The van der Waals surface area contributed by atoms with E-state index in [1.807, 2.05) is 0 Å². The third kappa shape index (κ3) is 3.20. The summed E-state index contributed by atoms with van der Waals surface area (Å²) >= 11 is 17.6. The lowest BCUT2D eigenvalue weighted by molar-refractivity contribution is -0.117. The molecule has 1 aliphatic heterocycles. The van der Waals surface area contributed by atoms with Crippen LogP contribution in [0.5, 0.6) is 0 Å². The molecule has 1 heterocycles. The van der Waals surface area contributed by atoms with Crippen LogP contribution in [0.2, 0.25) is 15.1 Å². The molecule has 7 heteroatoms. The molecule has 0 aliphatic carbocycles. The molecule has 4 nitrogen and oxygen atoms in total. The Hall–Kier alpha value is -2.01. The monoisotopic (exact) mass is 366 g/mol. The summed E-state index contributed by atoms with van der Waals surface area (Å²) < 4.78 is 0. The predicted octanol–water partition coefficient (Wildman–Crippen LogP) is 4.11. The van der Waals surface area contributed by atoms with Crippen LogP contribution in [0.15, 0.2) is 48.0 Å². The van der Waals surface area contributed by atoms with Crippen molar-refractivity contribution >= 4 is 58.4 Å². The number of nitrogens with zero attached hydrogens (tertiary/aromatic N) is 1. The maximum absolute atomic E-state index is 12.5. The van der Waals surface area contributed by atoms with Crippen molar-refractivity contribution in [1.82, 2.24) is 5.43 Å². The zero-order chi connectivity index (χ0) is 16.6. The van der Waals surface area contributed by atoms with Gasteiger partial charge >= 0.3 is 0 Å². The van der Waals surface area contributed by atoms with Crippen molar-refractivity contribution in [3.63, 3.8) is 0 Å². The molecule has 1 fully saturated rings. The first-order valence-electron chi connectivity index (χ1n) is 6.53. The van der Waals surface area contributed by atoms with Crippen LogP contribution in [0.4, 0.5) is 5.69 Å². The van der Waals surface area contributed by atoms with Gasteiger partial charge < -0.3 is 0 Å². The second kappa shape index (κ2) is 6.24. The van der Waals surface area contributed by atoms with Crippen molar-refractivity contribution in [1.29, 1.82) is 0 Å². The highest BCUT2D eigenvalue weighted by Crippen LogP contribution is 2.29. The van der Waals surface area contributed by atoms with E-state index in [1.54, 1.807) is 36.4 Å². The van der Waals surface area contributed by atoms with Crippen LogP contribution in [0.3, 0.4) is 0 Å². The van der Waals surface area contributed by atoms with Gasteiger partial charge in [-0.25, -0.2) is 5.01 Å². The van der Waals surface area contributed by atoms with E-state index in [-0.39, 0.29) is 5.57 Å². The first-order chi connectivity index (χ1) is 11.0. The SMILES string of the molecule is O=C1NN(c2ccc(Cl)c(Cl)c2)C(=O)C1=Cc1ccc(Cl)cc1. The van der Waals surface area contributed by atoms with Crippen molar-refractivity contribution in [2.45, 2.75) is 0 Å². The summed E-state index contributed by atoms with van der Waals surface area (Å²) in [6, 6.07) is 11.5. The van der Waals surface area contributed by atoms with Crippen molar-refractivity contribution in [3.8, 4) is 0 Å². The molecule has 2 amide bonds. The minimum absolute atomic E-state index is 0.0263. The van der Waals surface area contributed by atoms with Crippen molar-refractivity contribution in [2.75, 3.05) is 5.01 Å². The Morgan fingerprint density at radius 2 is 1.61 bits per heavy atom. The van der Waals surface area contributed by atoms with Gasteiger partial charge in [0.1, 0.15) is 5.57 Å². The van der Waals surface area contributed by atoms with Crippen LogP contribution in [0.1, 0.15) is 5.56 Å². The number of rotatable bonds is 2. The molecule has 0 radical (unpaired) electrons. The van der Waals surface area contributed by atoms with Crippen LogP contribution in [-0.4, -0.2) is 11.8 Å². The molecule has 0 spiro atoms. The molecule has 1 aliphatic rings. The number of halogens is 3. The Bertz CT molecular complexity index is 832. The quantitative estimate of drug-likeness (QED) is 0.641. The van der Waals surface area contributed by atoms with Crippen molar-refractivity contribution in [2.24, 2.45) is 0 Å². The summed E-state index contributed by atoms with van der Waals surface area (Å²) in [5.74, 6) is -0.959. The number of benzene rings is 2. The third-order valence-electron chi connectivity index (χ3n) is 3.23. The van der Waals surface area contributed by atoms with E-state index in [0.29, 0.717) is 26.3 Å². The Balaban J connectivity index is 1.93. The number of hydrogen-bond donors (Lipinski definition) is 1. The predicted molar refractivity (Wildman–Crippen MR) is 91.5 cm³/mol. The van der Waals surface area contributed by atoms with Crippen LogP contribution < -0.4 is 10.4 Å². The highest BCUT2D eigenvalue weighted by atomic mass is 35.5.